The Labute approximate surface area is 191 Å². The maximum absolute atomic E-state index is 12.5. The van der Waals surface area contributed by atoms with Gasteiger partial charge in [0.15, 0.2) is 0 Å². The van der Waals surface area contributed by atoms with E-state index in [1.54, 1.807) is 0 Å². The smallest absolute Gasteiger partial charge is 0.251 e. The van der Waals surface area contributed by atoms with Crippen LogP contribution in [0.5, 0.6) is 0 Å². The maximum Gasteiger partial charge on any atom is 0.251 e. The van der Waals surface area contributed by atoms with Crippen molar-refractivity contribution in [2.45, 2.75) is 33.2 Å². The molecule has 0 aliphatic rings. The molecule has 0 bridgehead atoms. The van der Waals surface area contributed by atoms with Gasteiger partial charge in [-0.25, -0.2) is 4.98 Å². The zero-order valence-corrected chi connectivity index (χ0v) is 19.4. The first-order valence-corrected chi connectivity index (χ1v) is 11.3. The SMILES string of the molecule is Cc1ccc(C(=O)NCCCc2nc3ccccc3n2Cc2cccc(Br)c2)c(C)c1. The molecule has 5 heteroatoms. The van der Waals surface area contributed by atoms with Crippen LogP contribution in [0.2, 0.25) is 0 Å². The molecule has 0 unspecified atom stereocenters. The highest BCUT2D eigenvalue weighted by Gasteiger charge is 2.12. The van der Waals surface area contributed by atoms with E-state index in [0.29, 0.717) is 6.54 Å². The average Bonchev–Trinajstić information content (AvgIpc) is 3.08. The Morgan fingerprint density at radius 2 is 1.87 bits per heavy atom. The Morgan fingerprint density at radius 3 is 2.68 bits per heavy atom. The van der Waals surface area contributed by atoms with Gasteiger partial charge in [-0.1, -0.05) is 57.9 Å². The van der Waals surface area contributed by atoms with Gasteiger partial charge in [0.05, 0.1) is 11.0 Å². The molecule has 31 heavy (non-hydrogen) atoms. The second-order valence-electron chi connectivity index (χ2n) is 7.91. The lowest BCUT2D eigenvalue weighted by molar-refractivity contribution is 0.0952. The van der Waals surface area contributed by atoms with Crippen molar-refractivity contribution in [3.63, 3.8) is 0 Å². The number of nitrogens with one attached hydrogen (secondary N) is 1. The van der Waals surface area contributed by atoms with Gasteiger partial charge >= 0.3 is 0 Å². The summed E-state index contributed by atoms with van der Waals surface area (Å²) in [5.74, 6) is 1.03. The summed E-state index contributed by atoms with van der Waals surface area (Å²) < 4.78 is 3.35. The monoisotopic (exact) mass is 475 g/mol. The summed E-state index contributed by atoms with van der Waals surface area (Å²) >= 11 is 3.56. The lowest BCUT2D eigenvalue weighted by atomic mass is 10.1. The van der Waals surface area contributed by atoms with Gasteiger partial charge in [0, 0.05) is 29.5 Å². The third-order valence-electron chi connectivity index (χ3n) is 5.45. The lowest BCUT2D eigenvalue weighted by Crippen LogP contribution is -2.25. The van der Waals surface area contributed by atoms with Gasteiger partial charge in [0.2, 0.25) is 0 Å². The standard InChI is InChI=1S/C26H26BrN3O/c1-18-12-13-22(19(2)15-18)26(31)28-14-6-11-25-29-23-9-3-4-10-24(23)30(25)17-20-7-5-8-21(27)16-20/h3-5,7-10,12-13,15-16H,6,11,14,17H2,1-2H3,(H,28,31). The quantitative estimate of drug-likeness (QED) is 0.342. The van der Waals surface area contributed by atoms with E-state index in [1.165, 1.54) is 11.1 Å². The Morgan fingerprint density at radius 1 is 1.03 bits per heavy atom. The Balaban J connectivity index is 1.45. The Hall–Kier alpha value is -2.92. The maximum atomic E-state index is 12.5. The van der Waals surface area contributed by atoms with E-state index in [0.717, 1.165) is 51.8 Å². The molecule has 0 aliphatic heterocycles. The number of imidazole rings is 1. The van der Waals surface area contributed by atoms with Crippen molar-refractivity contribution in [2.75, 3.05) is 6.54 Å². The van der Waals surface area contributed by atoms with E-state index >= 15 is 0 Å². The first-order chi connectivity index (χ1) is 15.0. The molecule has 158 valence electrons. The van der Waals surface area contributed by atoms with Crippen LogP contribution in [-0.4, -0.2) is 22.0 Å². The van der Waals surface area contributed by atoms with E-state index in [2.05, 4.69) is 62.2 Å². The van der Waals surface area contributed by atoms with Crippen molar-refractivity contribution < 1.29 is 4.79 Å². The highest BCUT2D eigenvalue weighted by Crippen LogP contribution is 2.20. The zero-order valence-electron chi connectivity index (χ0n) is 17.9. The first kappa shape index (κ1) is 21.3. The van der Waals surface area contributed by atoms with E-state index in [4.69, 9.17) is 4.98 Å². The molecular formula is C26H26BrN3O. The number of rotatable bonds is 7. The lowest BCUT2D eigenvalue weighted by Gasteiger charge is -2.11. The number of fused-ring (bicyclic) bond motifs is 1. The Bertz CT molecular complexity index is 1230. The number of halogens is 1. The second kappa shape index (κ2) is 9.48. The third-order valence-corrected chi connectivity index (χ3v) is 5.95. The number of carbonyl (C=O) groups is 1. The van der Waals surface area contributed by atoms with Gasteiger partial charge in [0.25, 0.3) is 5.91 Å². The molecular weight excluding hydrogens is 450 g/mol. The molecule has 0 radical (unpaired) electrons. The summed E-state index contributed by atoms with van der Waals surface area (Å²) in [4.78, 5) is 17.4. The highest BCUT2D eigenvalue weighted by molar-refractivity contribution is 9.10. The molecule has 0 fully saturated rings. The number of nitrogens with zero attached hydrogens (tertiary/aromatic N) is 2. The Kier molecular flexibility index (Phi) is 6.52. The first-order valence-electron chi connectivity index (χ1n) is 10.6. The van der Waals surface area contributed by atoms with Crippen LogP contribution >= 0.6 is 15.9 Å². The number of hydrogen-bond donors (Lipinski definition) is 1. The fraction of sp³-hybridized carbons (Fsp3) is 0.231. The molecule has 1 N–H and O–H groups in total. The number of benzene rings is 3. The minimum atomic E-state index is -0.0138. The number of para-hydroxylation sites is 2. The molecule has 1 heterocycles. The van der Waals surface area contributed by atoms with Crippen molar-refractivity contribution in [1.29, 1.82) is 0 Å². The molecule has 0 aliphatic carbocycles. The number of amides is 1. The van der Waals surface area contributed by atoms with Crippen LogP contribution in [0.3, 0.4) is 0 Å². The largest absolute Gasteiger partial charge is 0.352 e. The van der Waals surface area contributed by atoms with Crippen LogP contribution in [0.15, 0.2) is 71.2 Å². The van der Waals surface area contributed by atoms with E-state index < -0.39 is 0 Å². The number of carbonyl (C=O) groups excluding carboxylic acids is 1. The van der Waals surface area contributed by atoms with Crippen LogP contribution < -0.4 is 5.32 Å². The van der Waals surface area contributed by atoms with Gasteiger partial charge in [0.1, 0.15) is 5.82 Å². The number of aromatic nitrogens is 2. The fourth-order valence-corrected chi connectivity index (χ4v) is 4.37. The van der Waals surface area contributed by atoms with Crippen LogP contribution in [0.1, 0.15) is 39.3 Å². The van der Waals surface area contributed by atoms with Crippen molar-refractivity contribution in [3.05, 3.63) is 99.3 Å². The van der Waals surface area contributed by atoms with Gasteiger partial charge in [-0.15, -0.1) is 0 Å². The third kappa shape index (κ3) is 5.05. The summed E-state index contributed by atoms with van der Waals surface area (Å²) in [5.41, 5.74) is 6.28. The summed E-state index contributed by atoms with van der Waals surface area (Å²) in [6, 6.07) is 22.5. The van der Waals surface area contributed by atoms with E-state index in [9.17, 15) is 4.79 Å². The molecule has 4 rings (SSSR count). The van der Waals surface area contributed by atoms with Crippen LogP contribution in [0.25, 0.3) is 11.0 Å². The molecule has 1 aromatic heterocycles. The summed E-state index contributed by atoms with van der Waals surface area (Å²) in [5, 5.41) is 3.06. The van der Waals surface area contributed by atoms with Gasteiger partial charge in [-0.2, -0.15) is 0 Å². The number of hydrogen-bond acceptors (Lipinski definition) is 2. The van der Waals surface area contributed by atoms with Crippen molar-refractivity contribution >= 4 is 32.9 Å². The summed E-state index contributed by atoms with van der Waals surface area (Å²) in [6.45, 7) is 5.40. The van der Waals surface area contributed by atoms with E-state index in [-0.39, 0.29) is 5.91 Å². The predicted molar refractivity (Wildman–Crippen MR) is 130 cm³/mol. The zero-order chi connectivity index (χ0) is 21.8. The molecule has 0 saturated heterocycles. The minimum Gasteiger partial charge on any atom is -0.352 e. The van der Waals surface area contributed by atoms with Gasteiger partial charge in [-0.05, 0) is 61.7 Å². The van der Waals surface area contributed by atoms with Crippen LogP contribution in [0, 0.1) is 13.8 Å². The van der Waals surface area contributed by atoms with Crippen LogP contribution in [-0.2, 0) is 13.0 Å². The second-order valence-corrected chi connectivity index (χ2v) is 8.83. The molecule has 0 saturated carbocycles. The molecule has 3 aromatic carbocycles. The molecule has 1 amide bonds. The summed E-state index contributed by atoms with van der Waals surface area (Å²) in [7, 11) is 0. The molecule has 4 aromatic rings. The van der Waals surface area contributed by atoms with Gasteiger partial charge in [-0.3, -0.25) is 4.79 Å². The van der Waals surface area contributed by atoms with Crippen molar-refractivity contribution in [2.24, 2.45) is 0 Å². The molecule has 0 spiro atoms. The van der Waals surface area contributed by atoms with Crippen molar-refractivity contribution in [3.8, 4) is 0 Å². The molecule has 0 atom stereocenters. The fourth-order valence-electron chi connectivity index (χ4n) is 3.92. The van der Waals surface area contributed by atoms with Crippen molar-refractivity contribution in [1.82, 2.24) is 14.9 Å². The minimum absolute atomic E-state index is 0.0138. The van der Waals surface area contributed by atoms with Gasteiger partial charge < -0.3 is 9.88 Å². The number of aryl methyl sites for hydroxylation is 3. The summed E-state index contributed by atoms with van der Waals surface area (Å²) in [6.07, 6.45) is 1.63. The highest BCUT2D eigenvalue weighted by atomic mass is 79.9. The van der Waals surface area contributed by atoms with E-state index in [1.807, 2.05) is 44.2 Å². The topological polar surface area (TPSA) is 46.9 Å². The molecule has 4 nitrogen and oxygen atoms in total. The average molecular weight is 476 g/mol. The predicted octanol–water partition coefficient (Wildman–Crippen LogP) is 5.83. The normalized spacial score (nSPS) is 11.1. The van der Waals surface area contributed by atoms with Crippen LogP contribution in [0.4, 0.5) is 0 Å².